The molecule has 0 amide bonds. The molecule has 4 heteroatoms. The van der Waals surface area contributed by atoms with E-state index < -0.39 is 0 Å². The van der Waals surface area contributed by atoms with Gasteiger partial charge in [-0.1, -0.05) is 33.6 Å². The van der Waals surface area contributed by atoms with E-state index >= 15 is 0 Å². The molecule has 2 nitrogen and oxygen atoms in total. The molecule has 1 atom stereocenters. The minimum absolute atomic E-state index is 0.216. The largest absolute Gasteiger partial charge is 0.496 e. The molecule has 1 aromatic rings. The number of ether oxygens (including phenoxy) is 1. The number of hydrogen-bond donors (Lipinski definition) is 1. The van der Waals surface area contributed by atoms with Crippen molar-refractivity contribution in [1.82, 2.24) is 0 Å². The van der Waals surface area contributed by atoms with Gasteiger partial charge >= 0.3 is 0 Å². The lowest BCUT2D eigenvalue weighted by atomic mass is 10.0. The number of rotatable bonds is 2. The lowest BCUT2D eigenvalue weighted by Gasteiger charge is -2.21. The summed E-state index contributed by atoms with van der Waals surface area (Å²) in [7, 11) is 0. The quantitative estimate of drug-likeness (QED) is 0.902. The van der Waals surface area contributed by atoms with Crippen molar-refractivity contribution in [3.05, 3.63) is 45.1 Å². The zero-order valence-corrected chi connectivity index (χ0v) is 11.1. The van der Waals surface area contributed by atoms with Crippen LogP contribution in [0.2, 0.25) is 5.02 Å². The summed E-state index contributed by atoms with van der Waals surface area (Å²) >= 11 is 9.36. The van der Waals surface area contributed by atoms with Gasteiger partial charge in [-0.15, -0.1) is 0 Å². The van der Waals surface area contributed by atoms with E-state index in [1.165, 1.54) is 0 Å². The van der Waals surface area contributed by atoms with Gasteiger partial charge in [0.2, 0.25) is 0 Å². The van der Waals surface area contributed by atoms with E-state index in [2.05, 4.69) is 22.0 Å². The minimum Gasteiger partial charge on any atom is -0.496 e. The molecule has 0 bridgehead atoms. The zero-order chi connectivity index (χ0) is 11.5. The van der Waals surface area contributed by atoms with Crippen molar-refractivity contribution in [3.8, 4) is 0 Å². The van der Waals surface area contributed by atoms with E-state index in [1.807, 2.05) is 18.2 Å². The Balaban J connectivity index is 2.26. The Morgan fingerprint density at radius 2 is 2.25 bits per heavy atom. The first-order valence-corrected chi connectivity index (χ1v) is 6.39. The highest BCUT2D eigenvalue weighted by Gasteiger charge is 2.17. The maximum Gasteiger partial charge on any atom is 0.113 e. The summed E-state index contributed by atoms with van der Waals surface area (Å²) in [5, 5.41) is 0.696. The predicted molar refractivity (Wildman–Crippen MR) is 69.3 cm³/mol. The number of nitrogens with two attached hydrogens (primary N) is 1. The van der Waals surface area contributed by atoms with Crippen LogP contribution >= 0.6 is 27.5 Å². The van der Waals surface area contributed by atoms with Gasteiger partial charge in [0, 0.05) is 9.50 Å². The second kappa shape index (κ2) is 5.21. The van der Waals surface area contributed by atoms with Crippen LogP contribution in [-0.4, -0.2) is 6.61 Å². The van der Waals surface area contributed by atoms with Gasteiger partial charge in [0.1, 0.15) is 5.76 Å². The molecule has 0 aromatic heterocycles. The predicted octanol–water partition coefficient (Wildman–Crippen LogP) is 3.80. The topological polar surface area (TPSA) is 35.2 Å². The van der Waals surface area contributed by atoms with Crippen LogP contribution in [0, 0.1) is 0 Å². The Bertz CT molecular complexity index is 419. The normalized spacial score (nSPS) is 17.6. The van der Waals surface area contributed by atoms with Crippen molar-refractivity contribution in [2.24, 2.45) is 5.73 Å². The van der Waals surface area contributed by atoms with Crippen molar-refractivity contribution in [3.63, 3.8) is 0 Å². The van der Waals surface area contributed by atoms with Gasteiger partial charge in [-0.05, 0) is 36.6 Å². The molecule has 16 heavy (non-hydrogen) atoms. The Labute approximate surface area is 109 Å². The van der Waals surface area contributed by atoms with Crippen LogP contribution in [0.4, 0.5) is 0 Å². The van der Waals surface area contributed by atoms with Crippen LogP contribution in [-0.2, 0) is 4.74 Å². The zero-order valence-electron chi connectivity index (χ0n) is 8.75. The van der Waals surface area contributed by atoms with Crippen LogP contribution < -0.4 is 5.73 Å². The highest BCUT2D eigenvalue weighted by molar-refractivity contribution is 9.10. The van der Waals surface area contributed by atoms with Gasteiger partial charge in [-0.2, -0.15) is 0 Å². The number of allylic oxidation sites excluding steroid dienone is 1. The molecular formula is C12H13BrClNO. The maximum atomic E-state index is 6.15. The fourth-order valence-corrected chi connectivity index (χ4v) is 2.63. The molecule has 1 aliphatic rings. The van der Waals surface area contributed by atoms with E-state index in [0.29, 0.717) is 5.02 Å². The molecular weight excluding hydrogens is 289 g/mol. The average molecular weight is 303 g/mol. The standard InChI is InChI=1S/C12H13BrClNO/c13-10-7-8(14)4-5-9(10)12(15)11-3-1-2-6-16-11/h3-5,7,12H,1-2,6,15H2. The molecule has 0 saturated carbocycles. The smallest absolute Gasteiger partial charge is 0.113 e. The van der Waals surface area contributed by atoms with E-state index in [0.717, 1.165) is 35.2 Å². The Hall–Kier alpha value is -0.510. The summed E-state index contributed by atoms with van der Waals surface area (Å²) in [4.78, 5) is 0. The molecule has 2 N–H and O–H groups in total. The average Bonchev–Trinajstić information content (AvgIpc) is 2.29. The molecule has 2 rings (SSSR count). The van der Waals surface area contributed by atoms with Crippen LogP contribution in [0.5, 0.6) is 0 Å². The third kappa shape index (κ3) is 2.59. The van der Waals surface area contributed by atoms with Gasteiger partial charge in [0.15, 0.2) is 0 Å². The molecule has 0 saturated heterocycles. The molecule has 1 aliphatic heterocycles. The first-order chi connectivity index (χ1) is 7.68. The Morgan fingerprint density at radius 3 is 2.88 bits per heavy atom. The highest BCUT2D eigenvalue weighted by Crippen LogP contribution is 2.30. The molecule has 1 aromatic carbocycles. The van der Waals surface area contributed by atoms with Crippen molar-refractivity contribution >= 4 is 27.5 Å². The fourth-order valence-electron chi connectivity index (χ4n) is 1.70. The van der Waals surface area contributed by atoms with Crippen molar-refractivity contribution in [2.45, 2.75) is 18.9 Å². The molecule has 0 radical (unpaired) electrons. The molecule has 1 unspecified atom stereocenters. The molecule has 1 heterocycles. The van der Waals surface area contributed by atoms with E-state index in [4.69, 9.17) is 22.1 Å². The van der Waals surface area contributed by atoms with E-state index in [1.54, 1.807) is 0 Å². The van der Waals surface area contributed by atoms with Gasteiger partial charge in [-0.3, -0.25) is 0 Å². The Kier molecular flexibility index (Phi) is 3.90. The summed E-state index contributed by atoms with van der Waals surface area (Å²) in [6.45, 7) is 0.755. The van der Waals surface area contributed by atoms with E-state index in [9.17, 15) is 0 Å². The Morgan fingerprint density at radius 1 is 1.44 bits per heavy atom. The number of benzene rings is 1. The van der Waals surface area contributed by atoms with E-state index in [-0.39, 0.29) is 6.04 Å². The van der Waals surface area contributed by atoms with Crippen LogP contribution in [0.1, 0.15) is 24.4 Å². The third-order valence-electron chi connectivity index (χ3n) is 2.57. The van der Waals surface area contributed by atoms with Gasteiger partial charge in [0.25, 0.3) is 0 Å². The van der Waals surface area contributed by atoms with Gasteiger partial charge in [-0.25, -0.2) is 0 Å². The lowest BCUT2D eigenvalue weighted by Crippen LogP contribution is -2.18. The van der Waals surface area contributed by atoms with Crippen molar-refractivity contribution in [1.29, 1.82) is 0 Å². The summed E-state index contributed by atoms with van der Waals surface area (Å²) in [6, 6.07) is 5.40. The van der Waals surface area contributed by atoms with Gasteiger partial charge in [0.05, 0.1) is 12.6 Å². The summed E-state index contributed by atoms with van der Waals surface area (Å²) in [5.74, 6) is 0.856. The lowest BCUT2D eigenvalue weighted by molar-refractivity contribution is 0.175. The molecule has 86 valence electrons. The van der Waals surface area contributed by atoms with Crippen LogP contribution in [0.3, 0.4) is 0 Å². The second-order valence-corrected chi connectivity index (χ2v) is 5.03. The summed E-state index contributed by atoms with van der Waals surface area (Å²) < 4.78 is 6.48. The molecule has 0 aliphatic carbocycles. The third-order valence-corrected chi connectivity index (χ3v) is 3.49. The van der Waals surface area contributed by atoms with Crippen LogP contribution in [0.15, 0.2) is 34.5 Å². The SMILES string of the molecule is NC(C1=CCCCO1)c1ccc(Cl)cc1Br. The summed E-state index contributed by atoms with van der Waals surface area (Å²) in [5.41, 5.74) is 7.15. The van der Waals surface area contributed by atoms with Gasteiger partial charge < -0.3 is 10.5 Å². The fraction of sp³-hybridized carbons (Fsp3) is 0.333. The second-order valence-electron chi connectivity index (χ2n) is 3.74. The molecule has 0 fully saturated rings. The monoisotopic (exact) mass is 301 g/mol. The minimum atomic E-state index is -0.216. The van der Waals surface area contributed by atoms with Crippen LogP contribution in [0.25, 0.3) is 0 Å². The molecule has 0 spiro atoms. The summed E-state index contributed by atoms with van der Waals surface area (Å²) in [6.07, 6.45) is 4.17. The number of halogens is 2. The van der Waals surface area contributed by atoms with Crippen molar-refractivity contribution < 1.29 is 4.74 Å². The first-order valence-electron chi connectivity index (χ1n) is 5.22. The maximum absolute atomic E-state index is 6.15. The number of hydrogen-bond acceptors (Lipinski definition) is 2. The first kappa shape index (κ1) is 12.0. The van der Waals surface area contributed by atoms with Crippen molar-refractivity contribution in [2.75, 3.05) is 6.61 Å². The highest BCUT2D eigenvalue weighted by atomic mass is 79.9.